The van der Waals surface area contributed by atoms with Crippen LogP contribution in [0.1, 0.15) is 59.5 Å². The van der Waals surface area contributed by atoms with Crippen molar-refractivity contribution >= 4 is 94.2 Å². The number of hydrogen-bond acceptors (Lipinski definition) is 20. The zero-order valence-corrected chi connectivity index (χ0v) is 32.4. The van der Waals surface area contributed by atoms with E-state index in [4.69, 9.17) is 82.4 Å². The number of hydrogen-bond donors (Lipinski definition) is 9. The van der Waals surface area contributed by atoms with Crippen LogP contribution in [0.2, 0.25) is 10.3 Å². The Labute approximate surface area is 340 Å². The quantitative estimate of drug-likeness (QED) is 0.0759. The first-order chi connectivity index (χ1) is 27.6. The second-order valence-electron chi connectivity index (χ2n) is 13.4. The van der Waals surface area contributed by atoms with Crippen LogP contribution >= 0.6 is 23.2 Å². The van der Waals surface area contributed by atoms with Crippen LogP contribution in [-0.4, -0.2) is 127 Å². The first-order valence-electron chi connectivity index (χ1n) is 18.0. The molecule has 0 radical (unpaired) electrons. The summed E-state index contributed by atoms with van der Waals surface area (Å²) in [5, 5.41) is 13.7. The first kappa shape index (κ1) is 41.1. The van der Waals surface area contributed by atoms with Crippen molar-refractivity contribution < 1.29 is 24.2 Å². The standard InChI is InChI=1S/C31H42Cl2N20O5/c32-18-22(36)44-20(34)16(42-18)24(54)46-26(38)40-13-1-7-51(8-2-13)28-48-29(50-30(49-28)53-11-5-15(6-12-53)58-31(56)57)52-9-3-14(4-10-52)41-27(39)47-25(55)17-21(35)45-23(37)19(33)43-17/h13-15H,1-12H2,(H,56,57)(H4,34,36,44)(H4,35,37,45)(H3,38,40,46,54)(H3,39,41,47,55). The highest BCUT2D eigenvalue weighted by atomic mass is 35.5. The van der Waals surface area contributed by atoms with Gasteiger partial charge < -0.3 is 58.9 Å². The molecule has 3 saturated heterocycles. The number of ether oxygens (including phenoxy) is 1. The molecule has 3 aliphatic rings. The van der Waals surface area contributed by atoms with Gasteiger partial charge in [-0.25, -0.2) is 34.7 Å². The summed E-state index contributed by atoms with van der Waals surface area (Å²) in [7, 11) is 0. The first-order valence-corrected chi connectivity index (χ1v) is 18.8. The number of nitrogens with zero attached hydrogens (tertiary/aromatic N) is 12. The minimum Gasteiger partial charge on any atom is -0.450 e. The van der Waals surface area contributed by atoms with Crippen LogP contribution in [0.15, 0.2) is 9.98 Å². The number of piperidine rings is 3. The Morgan fingerprint density at radius 2 is 0.931 bits per heavy atom. The van der Waals surface area contributed by atoms with E-state index in [9.17, 15) is 14.4 Å². The highest BCUT2D eigenvalue weighted by Gasteiger charge is 2.30. The molecule has 15 N–H and O–H groups in total. The minimum atomic E-state index is -1.31. The molecule has 310 valence electrons. The fourth-order valence-corrected chi connectivity index (χ4v) is 6.75. The molecule has 0 aliphatic carbocycles. The highest BCUT2D eigenvalue weighted by Crippen LogP contribution is 2.27. The lowest BCUT2D eigenvalue weighted by Crippen LogP contribution is -2.43. The Kier molecular flexibility index (Phi) is 12.6. The van der Waals surface area contributed by atoms with Gasteiger partial charge in [-0.1, -0.05) is 23.2 Å². The molecule has 3 aromatic rings. The molecule has 58 heavy (non-hydrogen) atoms. The van der Waals surface area contributed by atoms with Crippen molar-refractivity contribution in [3.63, 3.8) is 0 Å². The number of amides is 2. The van der Waals surface area contributed by atoms with Gasteiger partial charge in [0, 0.05) is 52.1 Å². The zero-order valence-electron chi connectivity index (χ0n) is 30.9. The molecule has 2 amide bonds. The van der Waals surface area contributed by atoms with Crippen molar-refractivity contribution in [2.45, 2.75) is 56.7 Å². The van der Waals surface area contributed by atoms with Gasteiger partial charge in [0.1, 0.15) is 6.10 Å². The monoisotopic (exact) mass is 844 g/mol. The van der Waals surface area contributed by atoms with Gasteiger partial charge in [-0.2, -0.15) is 15.0 Å². The topological polar surface area (TPSA) is 386 Å². The fourth-order valence-electron chi connectivity index (χ4n) is 6.50. The number of carbonyl (C=O) groups excluding carboxylic acids is 2. The van der Waals surface area contributed by atoms with E-state index in [2.05, 4.69) is 40.6 Å². The van der Waals surface area contributed by atoms with Crippen molar-refractivity contribution in [1.29, 1.82) is 0 Å². The Balaban J connectivity index is 1.11. The van der Waals surface area contributed by atoms with Crippen LogP contribution in [0.3, 0.4) is 0 Å². The molecule has 0 unspecified atom stereocenters. The fraction of sp³-hybridized carbons (Fsp3) is 0.484. The maximum Gasteiger partial charge on any atom is 0.506 e. The van der Waals surface area contributed by atoms with Gasteiger partial charge in [0.05, 0.1) is 12.1 Å². The number of rotatable bonds is 8. The van der Waals surface area contributed by atoms with Gasteiger partial charge in [-0.3, -0.25) is 20.2 Å². The van der Waals surface area contributed by atoms with Crippen molar-refractivity contribution in [1.82, 2.24) is 45.5 Å². The Hall–Kier alpha value is -6.50. The number of guanidine groups is 2. The predicted octanol–water partition coefficient (Wildman–Crippen LogP) is -0.822. The summed E-state index contributed by atoms with van der Waals surface area (Å²) in [6.07, 6.45) is 1.46. The lowest BCUT2D eigenvalue weighted by molar-refractivity contribution is 0.0414. The molecule has 6 heterocycles. The van der Waals surface area contributed by atoms with E-state index in [1.165, 1.54) is 0 Å². The SMILES string of the molecule is NC(=NC1CCN(c2nc(N3CCC(N=C(N)NC(=O)c4nc(Cl)c(N)nc4N)CC3)nc(N3CCC(OC(=O)O)CC3)n2)CC1)NC(=O)c1nc(Cl)c(N)nc1N. The van der Waals surface area contributed by atoms with Crippen molar-refractivity contribution in [2.24, 2.45) is 21.5 Å². The van der Waals surface area contributed by atoms with Gasteiger partial charge in [0.25, 0.3) is 11.8 Å². The van der Waals surface area contributed by atoms with Crippen molar-refractivity contribution in [2.75, 3.05) is 76.9 Å². The lowest BCUT2D eigenvalue weighted by Gasteiger charge is -2.35. The number of nitrogen functional groups attached to an aromatic ring is 4. The molecule has 25 nitrogen and oxygen atoms in total. The summed E-state index contributed by atoms with van der Waals surface area (Å²) in [6, 6.07) is -0.453. The second kappa shape index (κ2) is 17.7. The molecule has 0 bridgehead atoms. The molecular formula is C31H42Cl2N20O5. The van der Waals surface area contributed by atoms with Gasteiger partial charge in [-0.15, -0.1) is 0 Å². The lowest BCUT2D eigenvalue weighted by atomic mass is 10.1. The molecule has 0 atom stereocenters. The maximum atomic E-state index is 12.7. The molecule has 0 aromatic carbocycles. The van der Waals surface area contributed by atoms with Gasteiger partial charge >= 0.3 is 6.16 Å². The number of aromatic nitrogens is 7. The number of aliphatic imine (C=N–C) groups is 2. The summed E-state index contributed by atoms with van der Waals surface area (Å²) >= 11 is 11.8. The number of anilines is 7. The van der Waals surface area contributed by atoms with E-state index in [-0.39, 0.29) is 69.0 Å². The molecule has 0 saturated carbocycles. The molecule has 27 heteroatoms. The second-order valence-corrected chi connectivity index (χ2v) is 14.2. The van der Waals surface area contributed by atoms with E-state index < -0.39 is 24.1 Å². The van der Waals surface area contributed by atoms with Crippen molar-refractivity contribution in [3.05, 3.63) is 21.7 Å². The highest BCUT2D eigenvalue weighted by molar-refractivity contribution is 6.32. The number of nitrogens with one attached hydrogen (secondary N) is 2. The predicted molar refractivity (Wildman–Crippen MR) is 215 cm³/mol. The summed E-state index contributed by atoms with van der Waals surface area (Å²) in [5.74, 6) is -0.987. The minimum absolute atomic E-state index is 0.109. The summed E-state index contributed by atoms with van der Waals surface area (Å²) < 4.78 is 5.00. The Bertz CT molecular complexity index is 1980. The van der Waals surface area contributed by atoms with Crippen LogP contribution in [0.4, 0.5) is 45.9 Å². The van der Waals surface area contributed by atoms with E-state index >= 15 is 0 Å². The maximum absolute atomic E-state index is 12.7. The largest absolute Gasteiger partial charge is 0.506 e. The number of carbonyl (C=O) groups is 3. The zero-order chi connectivity index (χ0) is 41.7. The van der Waals surface area contributed by atoms with Crippen LogP contribution < -0.4 is 59.7 Å². The van der Waals surface area contributed by atoms with E-state index in [0.29, 0.717) is 95.6 Å². The Morgan fingerprint density at radius 1 is 0.586 bits per heavy atom. The van der Waals surface area contributed by atoms with E-state index in [1.807, 2.05) is 14.7 Å². The van der Waals surface area contributed by atoms with E-state index in [0.717, 1.165) is 0 Å². The third kappa shape index (κ3) is 10.1. The molecule has 0 spiro atoms. The normalized spacial score (nSPS) is 17.6. The third-order valence-electron chi connectivity index (χ3n) is 9.45. The third-order valence-corrected chi connectivity index (χ3v) is 10.0. The van der Waals surface area contributed by atoms with Gasteiger partial charge in [0.2, 0.25) is 17.8 Å². The smallest absolute Gasteiger partial charge is 0.450 e. The van der Waals surface area contributed by atoms with Crippen LogP contribution in [0.25, 0.3) is 0 Å². The number of halogens is 2. The average Bonchev–Trinajstić information content (AvgIpc) is 3.18. The molecule has 3 aromatic heterocycles. The molecular weight excluding hydrogens is 803 g/mol. The van der Waals surface area contributed by atoms with Crippen LogP contribution in [0.5, 0.6) is 0 Å². The van der Waals surface area contributed by atoms with Crippen LogP contribution in [0, 0.1) is 0 Å². The molecule has 6 rings (SSSR count). The summed E-state index contributed by atoms with van der Waals surface area (Å²) in [6.45, 7) is 3.01. The summed E-state index contributed by atoms with van der Waals surface area (Å²) in [4.78, 5) is 81.5. The number of carboxylic acid groups (broad SMARTS) is 1. The van der Waals surface area contributed by atoms with E-state index in [1.54, 1.807) is 0 Å². The van der Waals surface area contributed by atoms with Crippen molar-refractivity contribution in [3.8, 4) is 0 Å². The van der Waals surface area contributed by atoms with Crippen LogP contribution in [-0.2, 0) is 4.74 Å². The molecule has 3 fully saturated rings. The van der Waals surface area contributed by atoms with Gasteiger partial charge in [-0.05, 0) is 25.7 Å². The van der Waals surface area contributed by atoms with Gasteiger partial charge in [0.15, 0.2) is 56.9 Å². The summed E-state index contributed by atoms with van der Waals surface area (Å²) in [5.41, 5.74) is 34.4. The molecule has 3 aliphatic heterocycles. The average molecular weight is 846 g/mol. The Morgan fingerprint density at radius 3 is 1.28 bits per heavy atom. The number of nitrogens with two attached hydrogens (primary N) is 6.